The Labute approximate surface area is 159 Å². The van der Waals surface area contributed by atoms with Crippen LogP contribution in [0.2, 0.25) is 0 Å². The van der Waals surface area contributed by atoms with E-state index in [0.717, 1.165) is 11.1 Å². The predicted molar refractivity (Wildman–Crippen MR) is 107 cm³/mol. The highest BCUT2D eigenvalue weighted by Gasteiger charge is 2.13. The standard InChI is InChI=1S/C21H25N3O3/c1-15-7-4-5-8-18(15)13-21(27)22-11-12-24(17(3)26)20-10-6-9-19(14-20)23-16(2)25/h4-10,14H,11-13H2,1-3H3,(H,22,27)(H,23,25). The summed E-state index contributed by atoms with van der Waals surface area (Å²) in [4.78, 5) is 37.0. The van der Waals surface area contributed by atoms with Crippen LogP contribution in [0.3, 0.4) is 0 Å². The minimum atomic E-state index is -0.176. The molecule has 2 aromatic carbocycles. The minimum absolute atomic E-state index is 0.0835. The normalized spacial score (nSPS) is 10.2. The summed E-state index contributed by atoms with van der Waals surface area (Å²) >= 11 is 0. The number of hydrogen-bond donors (Lipinski definition) is 2. The van der Waals surface area contributed by atoms with Crippen molar-refractivity contribution in [3.63, 3.8) is 0 Å². The van der Waals surface area contributed by atoms with Gasteiger partial charge in [-0.25, -0.2) is 0 Å². The van der Waals surface area contributed by atoms with E-state index in [0.29, 0.717) is 30.9 Å². The van der Waals surface area contributed by atoms with Crippen LogP contribution in [0.25, 0.3) is 0 Å². The summed E-state index contributed by atoms with van der Waals surface area (Å²) < 4.78 is 0. The van der Waals surface area contributed by atoms with Crippen LogP contribution in [-0.4, -0.2) is 30.8 Å². The van der Waals surface area contributed by atoms with Crippen LogP contribution < -0.4 is 15.5 Å². The number of amides is 3. The Morgan fingerprint density at radius 3 is 2.41 bits per heavy atom. The molecule has 2 rings (SSSR count). The third-order valence-corrected chi connectivity index (χ3v) is 4.13. The van der Waals surface area contributed by atoms with Gasteiger partial charge in [-0.15, -0.1) is 0 Å². The molecule has 0 atom stereocenters. The van der Waals surface area contributed by atoms with Gasteiger partial charge in [0.05, 0.1) is 6.42 Å². The molecule has 2 N–H and O–H groups in total. The lowest BCUT2D eigenvalue weighted by atomic mass is 10.1. The lowest BCUT2D eigenvalue weighted by molar-refractivity contribution is -0.121. The van der Waals surface area contributed by atoms with E-state index in [2.05, 4.69) is 10.6 Å². The second-order valence-electron chi connectivity index (χ2n) is 6.36. The maximum absolute atomic E-state index is 12.2. The summed E-state index contributed by atoms with van der Waals surface area (Å²) in [6.45, 7) is 5.56. The largest absolute Gasteiger partial charge is 0.354 e. The molecule has 0 bridgehead atoms. The maximum Gasteiger partial charge on any atom is 0.224 e. The van der Waals surface area contributed by atoms with Crippen LogP contribution in [0.1, 0.15) is 25.0 Å². The number of carbonyl (C=O) groups excluding carboxylic acids is 3. The molecular weight excluding hydrogens is 342 g/mol. The number of nitrogens with one attached hydrogen (secondary N) is 2. The lowest BCUT2D eigenvalue weighted by Gasteiger charge is -2.22. The monoisotopic (exact) mass is 367 g/mol. The van der Waals surface area contributed by atoms with Gasteiger partial charge in [0, 0.05) is 38.3 Å². The molecule has 0 aliphatic rings. The second-order valence-corrected chi connectivity index (χ2v) is 6.36. The van der Waals surface area contributed by atoms with E-state index >= 15 is 0 Å². The van der Waals surface area contributed by atoms with Gasteiger partial charge in [-0.3, -0.25) is 14.4 Å². The molecule has 3 amide bonds. The van der Waals surface area contributed by atoms with Crippen molar-refractivity contribution in [2.75, 3.05) is 23.3 Å². The number of carbonyl (C=O) groups is 3. The molecule has 0 spiro atoms. The average molecular weight is 367 g/mol. The van der Waals surface area contributed by atoms with Crippen molar-refractivity contribution in [1.29, 1.82) is 0 Å². The highest BCUT2D eigenvalue weighted by atomic mass is 16.2. The second kappa shape index (κ2) is 9.52. The van der Waals surface area contributed by atoms with Gasteiger partial charge in [0.25, 0.3) is 0 Å². The van der Waals surface area contributed by atoms with Gasteiger partial charge in [-0.2, -0.15) is 0 Å². The molecule has 0 aliphatic carbocycles. The third kappa shape index (κ3) is 6.26. The molecule has 2 aromatic rings. The van der Waals surface area contributed by atoms with Crippen LogP contribution in [0.4, 0.5) is 11.4 Å². The molecule has 27 heavy (non-hydrogen) atoms. The van der Waals surface area contributed by atoms with Crippen molar-refractivity contribution in [3.8, 4) is 0 Å². The Morgan fingerprint density at radius 2 is 1.74 bits per heavy atom. The maximum atomic E-state index is 12.2. The Kier molecular flexibility index (Phi) is 7.11. The zero-order valence-electron chi connectivity index (χ0n) is 15.9. The quantitative estimate of drug-likeness (QED) is 0.790. The summed E-state index contributed by atoms with van der Waals surface area (Å²) in [5, 5.41) is 5.56. The summed E-state index contributed by atoms with van der Waals surface area (Å²) in [7, 11) is 0. The number of rotatable bonds is 7. The molecule has 6 heteroatoms. The molecule has 6 nitrogen and oxygen atoms in total. The first kappa shape index (κ1) is 20.2. The van der Waals surface area contributed by atoms with E-state index in [1.165, 1.54) is 13.8 Å². The minimum Gasteiger partial charge on any atom is -0.354 e. The first-order valence-corrected chi connectivity index (χ1v) is 8.84. The Bertz CT molecular complexity index is 833. The first-order valence-electron chi connectivity index (χ1n) is 8.84. The Balaban J connectivity index is 1.95. The van der Waals surface area contributed by atoms with Crippen LogP contribution in [0, 0.1) is 6.92 Å². The average Bonchev–Trinajstić information content (AvgIpc) is 2.60. The highest BCUT2D eigenvalue weighted by Crippen LogP contribution is 2.19. The van der Waals surface area contributed by atoms with Crippen molar-refractivity contribution in [1.82, 2.24) is 5.32 Å². The van der Waals surface area contributed by atoms with Crippen LogP contribution in [-0.2, 0) is 20.8 Å². The molecule has 0 aliphatic heterocycles. The van der Waals surface area contributed by atoms with Gasteiger partial charge < -0.3 is 15.5 Å². The molecule has 0 fully saturated rings. The summed E-state index contributed by atoms with van der Waals surface area (Å²) in [5.41, 5.74) is 3.35. The third-order valence-electron chi connectivity index (χ3n) is 4.13. The number of nitrogens with zero attached hydrogens (tertiary/aromatic N) is 1. The summed E-state index contributed by atoms with van der Waals surface area (Å²) in [6, 6.07) is 14.8. The van der Waals surface area contributed by atoms with Crippen molar-refractivity contribution in [2.24, 2.45) is 0 Å². The molecule has 0 saturated carbocycles. The van der Waals surface area contributed by atoms with Crippen molar-refractivity contribution in [2.45, 2.75) is 27.2 Å². The highest BCUT2D eigenvalue weighted by molar-refractivity contribution is 5.94. The molecule has 0 heterocycles. The van der Waals surface area contributed by atoms with Gasteiger partial charge in [-0.05, 0) is 36.2 Å². The number of hydrogen-bond acceptors (Lipinski definition) is 3. The van der Waals surface area contributed by atoms with E-state index in [9.17, 15) is 14.4 Å². The number of aryl methyl sites for hydroxylation is 1. The van der Waals surface area contributed by atoms with E-state index in [-0.39, 0.29) is 17.7 Å². The first-order chi connectivity index (χ1) is 12.9. The number of benzene rings is 2. The van der Waals surface area contributed by atoms with E-state index in [4.69, 9.17) is 0 Å². The Hall–Kier alpha value is -3.15. The van der Waals surface area contributed by atoms with Gasteiger partial charge in [0.15, 0.2) is 0 Å². The van der Waals surface area contributed by atoms with Crippen LogP contribution >= 0.6 is 0 Å². The van der Waals surface area contributed by atoms with Crippen LogP contribution in [0.15, 0.2) is 48.5 Å². The number of anilines is 2. The smallest absolute Gasteiger partial charge is 0.224 e. The van der Waals surface area contributed by atoms with Crippen molar-refractivity contribution < 1.29 is 14.4 Å². The lowest BCUT2D eigenvalue weighted by Crippen LogP contribution is -2.38. The zero-order valence-corrected chi connectivity index (χ0v) is 15.9. The predicted octanol–water partition coefficient (Wildman–Crippen LogP) is 2.67. The summed E-state index contributed by atoms with van der Waals surface area (Å²) in [6.07, 6.45) is 0.310. The Morgan fingerprint density at radius 1 is 1.00 bits per heavy atom. The van der Waals surface area contributed by atoms with Crippen molar-refractivity contribution in [3.05, 3.63) is 59.7 Å². The van der Waals surface area contributed by atoms with Crippen LogP contribution in [0.5, 0.6) is 0 Å². The van der Waals surface area contributed by atoms with E-state index in [1.54, 1.807) is 29.2 Å². The van der Waals surface area contributed by atoms with Gasteiger partial charge in [0.1, 0.15) is 0 Å². The molecule has 0 saturated heterocycles. The topological polar surface area (TPSA) is 78.5 Å². The zero-order chi connectivity index (χ0) is 19.8. The fourth-order valence-corrected chi connectivity index (χ4v) is 2.77. The fraction of sp³-hybridized carbons (Fsp3) is 0.286. The fourth-order valence-electron chi connectivity index (χ4n) is 2.77. The SMILES string of the molecule is CC(=O)Nc1cccc(N(CCNC(=O)Cc2ccccc2C)C(C)=O)c1. The van der Waals surface area contributed by atoms with E-state index < -0.39 is 0 Å². The van der Waals surface area contributed by atoms with Gasteiger partial charge in [0.2, 0.25) is 17.7 Å². The molecule has 0 unspecified atom stereocenters. The van der Waals surface area contributed by atoms with Gasteiger partial charge >= 0.3 is 0 Å². The van der Waals surface area contributed by atoms with E-state index in [1.807, 2.05) is 31.2 Å². The molecule has 142 valence electrons. The van der Waals surface area contributed by atoms with Gasteiger partial charge in [-0.1, -0.05) is 30.3 Å². The molecular formula is C21H25N3O3. The summed E-state index contributed by atoms with van der Waals surface area (Å²) in [5.74, 6) is -0.395. The molecule has 0 aromatic heterocycles. The molecule has 0 radical (unpaired) electrons. The van der Waals surface area contributed by atoms with Crippen molar-refractivity contribution >= 4 is 29.1 Å².